The van der Waals surface area contributed by atoms with Crippen LogP contribution < -0.4 is 0 Å². The molecule has 0 aliphatic carbocycles. The molecule has 0 aromatic heterocycles. The summed E-state index contributed by atoms with van der Waals surface area (Å²) >= 11 is 0. The molecule has 26 N–H and O–H groups in total. The van der Waals surface area contributed by atoms with Crippen LogP contribution in [-0.2, 0) is 12.8 Å². The molecule has 0 fully saturated rings. The molecule has 0 radical (unpaired) electrons. The summed E-state index contributed by atoms with van der Waals surface area (Å²) in [4.78, 5) is 0. The maximum atomic E-state index is 10.4. The monoisotopic (exact) mass is 1880 g/mol. The first kappa shape index (κ1) is 98.0. The third-order valence-corrected chi connectivity index (χ3v) is 22.3. The fraction of sp³-hybridized carbons (Fsp3) is 0.0351. The van der Waals surface area contributed by atoms with Crippen LogP contribution in [0.2, 0.25) is 0 Å². The predicted molar refractivity (Wildman–Crippen MR) is 540 cm³/mol. The first-order chi connectivity index (χ1) is 66.8. The molecule has 0 atom stereocenters. The van der Waals surface area contributed by atoms with Gasteiger partial charge in [-0.25, -0.2) is 0 Å². The maximum absolute atomic E-state index is 10.4. The van der Waals surface area contributed by atoms with Gasteiger partial charge < -0.3 is 133 Å². The minimum atomic E-state index is -0.0612. The Balaban J connectivity index is 0.000000136. The molecule has 0 spiro atoms. The average molecular weight is 1880 g/mol. The Morgan fingerprint density at radius 3 is 0.771 bits per heavy atom. The fourth-order valence-corrected chi connectivity index (χ4v) is 15.1. The van der Waals surface area contributed by atoms with E-state index in [1.807, 2.05) is 50.2 Å². The lowest BCUT2D eigenvalue weighted by molar-refractivity contribution is 0.459. The largest absolute Gasteiger partial charge is 0.508 e. The minimum Gasteiger partial charge on any atom is -0.508 e. The molecule has 0 heterocycles. The summed E-state index contributed by atoms with van der Waals surface area (Å²) in [5, 5.41) is 261. The van der Waals surface area contributed by atoms with Crippen LogP contribution >= 0.6 is 0 Å². The predicted octanol–water partition coefficient (Wildman–Crippen LogP) is 23.9. The highest BCUT2D eigenvalue weighted by atomic mass is 16.3. The van der Waals surface area contributed by atoms with E-state index in [9.17, 15) is 102 Å². The van der Waals surface area contributed by atoms with Crippen LogP contribution in [0.5, 0.6) is 149 Å². The number of phenolic OH excluding ortho intramolecular Hbond substituents is 26. The zero-order valence-electron chi connectivity index (χ0n) is 74.5. The normalized spacial score (nSPS) is 10.6. The number of hydrogen-bond donors (Lipinski definition) is 26. The first-order valence-electron chi connectivity index (χ1n) is 42.8. The fourth-order valence-electron chi connectivity index (χ4n) is 15.1. The summed E-state index contributed by atoms with van der Waals surface area (Å²) in [5.74, 6) is 2.90. The summed E-state index contributed by atoms with van der Waals surface area (Å²) in [6, 6.07) is 92.2. The van der Waals surface area contributed by atoms with Gasteiger partial charge in [-0.05, 0) is 401 Å². The van der Waals surface area contributed by atoms with Gasteiger partial charge in [0.25, 0.3) is 0 Å². The molecule has 706 valence electrons. The zero-order valence-corrected chi connectivity index (χ0v) is 74.5. The van der Waals surface area contributed by atoms with E-state index in [1.165, 1.54) is 127 Å². The van der Waals surface area contributed by atoms with Crippen LogP contribution in [-0.4, -0.2) is 133 Å². The Morgan fingerprint density at radius 1 is 0.143 bits per heavy atom. The zero-order chi connectivity index (χ0) is 100. The number of hydrogen-bond acceptors (Lipinski definition) is 26. The van der Waals surface area contributed by atoms with Gasteiger partial charge in [-0.3, -0.25) is 0 Å². The maximum Gasteiger partial charge on any atom is 0.124 e. The molecule has 0 saturated carbocycles. The van der Waals surface area contributed by atoms with Crippen LogP contribution in [0.15, 0.2) is 352 Å². The molecule has 140 heavy (non-hydrogen) atoms. The van der Waals surface area contributed by atoms with Crippen molar-refractivity contribution in [3.63, 3.8) is 0 Å². The lowest BCUT2D eigenvalue weighted by Gasteiger charge is -2.13. The average Bonchev–Trinajstić information content (AvgIpc) is 1.59. The summed E-state index contributed by atoms with van der Waals surface area (Å²) in [7, 11) is 0. The molecule has 21 aromatic carbocycles. The van der Waals surface area contributed by atoms with Crippen molar-refractivity contribution in [2.45, 2.75) is 26.7 Å². The molecule has 0 aliphatic rings. The van der Waals surface area contributed by atoms with E-state index < -0.39 is 0 Å². The van der Waals surface area contributed by atoms with Crippen LogP contribution in [0, 0.1) is 13.8 Å². The second-order valence-corrected chi connectivity index (χ2v) is 32.3. The first-order valence-corrected chi connectivity index (χ1v) is 42.8. The molecule has 0 unspecified atom stereocenters. The molecular weight excluding hydrogens is 1790 g/mol. The number of fused-ring (bicyclic) bond motifs is 8. The Bertz CT molecular complexity index is 7710. The topological polar surface area (TPSA) is 526 Å². The van der Waals surface area contributed by atoms with Crippen molar-refractivity contribution >= 4 is 86.2 Å². The Hall–Kier alpha value is -19.5. The van der Waals surface area contributed by atoms with Crippen molar-refractivity contribution in [3.8, 4) is 172 Å². The summed E-state index contributed by atoms with van der Waals surface area (Å²) in [6.07, 6.45) is 0.630. The SMILES string of the molecule is Cc1c(O)ccc2ccc(O)cc12.Cc1cc2ccc(O)cc2cc1O.Oc1ccc(O)c(-c2c(O)ccc3ccc(O)cc23)c1.Oc1ccc(O)c(-c2cc3ccc(O)cc3cc2O)c1.Oc1ccc(O)cc1.Oc1ccc(O)cc1.Oc1ccc(O)cc1.Oc1ccc2cc(Cc3cc4ccc(O)cc4cc3O)c(O)cc2c1.Oc1ccc2ccc(O)c(Cc3c(O)ccc4ccc(O)cc34)c2c1. The van der Waals surface area contributed by atoms with E-state index >= 15 is 0 Å². The van der Waals surface area contributed by atoms with Crippen molar-refractivity contribution < 1.29 is 133 Å². The molecule has 0 saturated heterocycles. The lowest BCUT2D eigenvalue weighted by Crippen LogP contribution is -1.94. The molecule has 0 amide bonds. The minimum absolute atomic E-state index is 0.00278. The van der Waals surface area contributed by atoms with Crippen LogP contribution in [0.4, 0.5) is 0 Å². The third-order valence-electron chi connectivity index (χ3n) is 22.3. The molecule has 26 heteroatoms. The Kier molecular flexibility index (Phi) is 30.4. The lowest BCUT2D eigenvalue weighted by atomic mass is 9.93. The van der Waals surface area contributed by atoms with E-state index in [1.54, 1.807) is 188 Å². The van der Waals surface area contributed by atoms with Gasteiger partial charge in [0.2, 0.25) is 0 Å². The van der Waals surface area contributed by atoms with Crippen molar-refractivity contribution in [1.82, 2.24) is 0 Å². The number of benzene rings is 21. The Morgan fingerprint density at radius 2 is 0.386 bits per heavy atom. The van der Waals surface area contributed by atoms with Gasteiger partial charge in [-0.2, -0.15) is 0 Å². The van der Waals surface area contributed by atoms with Crippen LogP contribution in [0.25, 0.3) is 108 Å². The van der Waals surface area contributed by atoms with Gasteiger partial charge in [0.1, 0.15) is 149 Å². The van der Waals surface area contributed by atoms with Gasteiger partial charge in [-0.15, -0.1) is 0 Å². The van der Waals surface area contributed by atoms with Gasteiger partial charge >= 0.3 is 0 Å². The number of aromatic hydroxyl groups is 26. The number of phenols is 26. The Labute approximate surface area is 798 Å². The van der Waals surface area contributed by atoms with Crippen molar-refractivity contribution in [1.29, 1.82) is 0 Å². The van der Waals surface area contributed by atoms with Gasteiger partial charge in [-0.1, -0.05) is 72.8 Å². The molecular formula is C114H94O26. The third kappa shape index (κ3) is 24.9. The van der Waals surface area contributed by atoms with Crippen LogP contribution in [0.1, 0.15) is 33.4 Å². The number of rotatable bonds is 6. The van der Waals surface area contributed by atoms with Crippen molar-refractivity contribution in [2.24, 2.45) is 0 Å². The standard InChI is InChI=1S/2C21H16O4.2C16H12O4.2C11H10O2.3C6H6O2/c22-14-5-1-12-3-7-20(24)18(16(12)9-14)11-19-17-10-15(23)6-2-13(17)4-8-21(19)25;22-18-3-1-12-5-16(20(24)10-14(12)8-18)7-17-6-13-2-4-19(23)9-15(13)11-21(17)25;17-10-3-1-9-2-5-15(20)16(12(9)7-10)13-8-11(18)4-6-14(13)19;17-11-2-1-9-6-13(16(20)7-10(9)5-11)14-8-12(18)3-4-15(14)19;1-7-10-6-9(12)4-2-8(10)3-5-11(7)13;1-7-4-8-2-3-10(12)5-9(8)6-11(7)13;3*7-5-1-2-6(8)4-3-5/h1-10,22-25H,11H2;1-6,8-11,22-25H,7H2;2*1-8,17-20H;2*2-6,12-13H,1H3;3*1-4,7-8H. The van der Waals surface area contributed by atoms with Gasteiger partial charge in [0.05, 0.1) is 0 Å². The van der Waals surface area contributed by atoms with E-state index in [-0.39, 0.29) is 156 Å². The molecule has 0 aliphatic heterocycles. The molecule has 21 aromatic rings. The van der Waals surface area contributed by atoms with E-state index in [0.717, 1.165) is 86.5 Å². The van der Waals surface area contributed by atoms with Crippen molar-refractivity contribution in [3.05, 3.63) is 385 Å². The van der Waals surface area contributed by atoms with Crippen molar-refractivity contribution in [2.75, 3.05) is 0 Å². The summed E-state index contributed by atoms with van der Waals surface area (Å²) < 4.78 is 0. The highest BCUT2D eigenvalue weighted by Crippen LogP contribution is 2.46. The highest BCUT2D eigenvalue weighted by Gasteiger charge is 2.20. The highest BCUT2D eigenvalue weighted by molar-refractivity contribution is 6.02. The molecule has 0 bridgehead atoms. The molecule has 26 nitrogen and oxygen atoms in total. The quantitative estimate of drug-likeness (QED) is 0.0688. The second kappa shape index (κ2) is 43.5. The second-order valence-electron chi connectivity index (χ2n) is 32.3. The van der Waals surface area contributed by atoms with E-state index in [4.69, 9.17) is 30.6 Å². The summed E-state index contributed by atoms with van der Waals surface area (Å²) in [6.45, 7) is 3.68. The van der Waals surface area contributed by atoms with E-state index in [0.29, 0.717) is 61.7 Å². The number of aryl methyl sites for hydroxylation is 2. The van der Waals surface area contributed by atoms with Crippen LogP contribution in [0.3, 0.4) is 0 Å². The van der Waals surface area contributed by atoms with E-state index in [2.05, 4.69) is 0 Å². The van der Waals surface area contributed by atoms with Gasteiger partial charge in [0, 0.05) is 46.2 Å². The van der Waals surface area contributed by atoms with Gasteiger partial charge in [0.15, 0.2) is 0 Å². The smallest absolute Gasteiger partial charge is 0.124 e. The summed E-state index contributed by atoms with van der Waals surface area (Å²) in [5.41, 5.74) is 5.67. The molecule has 21 rings (SSSR count).